The summed E-state index contributed by atoms with van der Waals surface area (Å²) in [5, 5.41) is 2.10. The third-order valence-electron chi connectivity index (χ3n) is 4.00. The molecule has 0 atom stereocenters. The van der Waals surface area contributed by atoms with Crippen LogP contribution in [-0.4, -0.2) is 14.3 Å². The number of rotatable bonds is 5. The van der Waals surface area contributed by atoms with Crippen LogP contribution in [0, 0.1) is 18.6 Å². The number of sulfonamides is 1. The first kappa shape index (κ1) is 20.8. The zero-order chi connectivity index (χ0) is 21.2. The average Bonchev–Trinajstić information content (AvgIpc) is 2.66. The molecule has 150 valence electrons. The number of hydrogen-bond donors (Lipinski definition) is 2. The largest absolute Gasteiger partial charge is 0.317 e. The Balaban J connectivity index is 1.88. The predicted octanol–water partition coefficient (Wildman–Crippen LogP) is 4.98. The lowest BCUT2D eigenvalue weighted by atomic mass is 10.2. The van der Waals surface area contributed by atoms with Crippen LogP contribution in [0.4, 0.5) is 20.2 Å². The first-order valence-corrected chi connectivity index (χ1v) is 10.2. The molecule has 0 bridgehead atoms. The van der Waals surface area contributed by atoms with E-state index in [4.69, 9.17) is 11.6 Å². The van der Waals surface area contributed by atoms with Gasteiger partial charge in [0.05, 0.1) is 15.5 Å². The monoisotopic (exact) mass is 436 g/mol. The summed E-state index contributed by atoms with van der Waals surface area (Å²) < 4.78 is 54.9. The van der Waals surface area contributed by atoms with Gasteiger partial charge in [-0.3, -0.25) is 9.52 Å². The molecule has 2 N–H and O–H groups in total. The third kappa shape index (κ3) is 4.72. The van der Waals surface area contributed by atoms with Crippen LogP contribution in [0.15, 0.2) is 65.6 Å². The Hall–Kier alpha value is -2.97. The zero-order valence-corrected chi connectivity index (χ0v) is 16.6. The second kappa shape index (κ2) is 8.18. The molecule has 1 amide bonds. The van der Waals surface area contributed by atoms with Gasteiger partial charge in [0.25, 0.3) is 15.9 Å². The third-order valence-corrected chi connectivity index (χ3v) is 5.72. The number of para-hydroxylation sites is 1. The highest BCUT2D eigenvalue weighted by Crippen LogP contribution is 2.25. The van der Waals surface area contributed by atoms with E-state index in [1.54, 1.807) is 12.1 Å². The highest BCUT2D eigenvalue weighted by atomic mass is 35.5. The Morgan fingerprint density at radius 1 is 0.966 bits per heavy atom. The molecule has 0 saturated carbocycles. The van der Waals surface area contributed by atoms with E-state index in [0.29, 0.717) is 0 Å². The summed E-state index contributed by atoms with van der Waals surface area (Å²) in [6.07, 6.45) is 0. The number of aryl methyl sites for hydroxylation is 1. The standard InChI is InChI=1S/C20H15ClF2N2O3S/c1-12-5-8-14(9-6-12)29(27,28)25-13-7-10-16(21)15(11-13)20(26)24-19-17(22)3-2-4-18(19)23/h2-11,25H,1H3,(H,24,26). The number of halogens is 3. The van der Waals surface area contributed by atoms with Crippen molar-refractivity contribution in [1.82, 2.24) is 0 Å². The smallest absolute Gasteiger partial charge is 0.261 e. The van der Waals surface area contributed by atoms with E-state index < -0.39 is 33.3 Å². The lowest BCUT2D eigenvalue weighted by Gasteiger charge is -2.12. The van der Waals surface area contributed by atoms with E-state index in [0.717, 1.165) is 23.8 Å². The van der Waals surface area contributed by atoms with E-state index in [2.05, 4.69) is 10.0 Å². The van der Waals surface area contributed by atoms with Gasteiger partial charge in [0.2, 0.25) is 0 Å². The number of benzene rings is 3. The Labute approximate surface area is 171 Å². The van der Waals surface area contributed by atoms with Crippen molar-refractivity contribution in [2.75, 3.05) is 10.0 Å². The predicted molar refractivity (Wildman–Crippen MR) is 108 cm³/mol. The maximum absolute atomic E-state index is 13.8. The quantitative estimate of drug-likeness (QED) is 0.592. The number of anilines is 2. The van der Waals surface area contributed by atoms with Crippen LogP contribution in [-0.2, 0) is 10.0 Å². The molecule has 0 aliphatic rings. The summed E-state index contributed by atoms with van der Waals surface area (Å²) in [7, 11) is -3.90. The minimum atomic E-state index is -3.90. The molecule has 3 aromatic rings. The maximum Gasteiger partial charge on any atom is 0.261 e. The van der Waals surface area contributed by atoms with Crippen molar-refractivity contribution < 1.29 is 22.0 Å². The Kier molecular flexibility index (Phi) is 5.86. The summed E-state index contributed by atoms with van der Waals surface area (Å²) in [5.74, 6) is -2.80. The highest BCUT2D eigenvalue weighted by molar-refractivity contribution is 7.92. The number of nitrogens with one attached hydrogen (secondary N) is 2. The maximum atomic E-state index is 13.8. The molecule has 3 aromatic carbocycles. The Bertz CT molecular complexity index is 1160. The minimum absolute atomic E-state index is 0.0162. The summed E-state index contributed by atoms with van der Waals surface area (Å²) in [4.78, 5) is 12.5. The van der Waals surface area contributed by atoms with Gasteiger partial charge in [-0.25, -0.2) is 17.2 Å². The van der Waals surface area contributed by atoms with Gasteiger partial charge >= 0.3 is 0 Å². The van der Waals surface area contributed by atoms with E-state index in [-0.39, 0.29) is 21.2 Å². The molecule has 0 aliphatic heterocycles. The molecule has 29 heavy (non-hydrogen) atoms. The van der Waals surface area contributed by atoms with Crippen molar-refractivity contribution in [1.29, 1.82) is 0 Å². The molecule has 0 aliphatic carbocycles. The SMILES string of the molecule is Cc1ccc(S(=O)(=O)Nc2ccc(Cl)c(C(=O)Nc3c(F)cccc3F)c2)cc1. The van der Waals surface area contributed by atoms with Gasteiger partial charge in [-0.2, -0.15) is 0 Å². The fourth-order valence-corrected chi connectivity index (χ4v) is 3.75. The van der Waals surface area contributed by atoms with Gasteiger partial charge in [0, 0.05) is 5.69 Å². The van der Waals surface area contributed by atoms with Gasteiger partial charge in [0.15, 0.2) is 0 Å². The second-order valence-electron chi connectivity index (χ2n) is 6.16. The topological polar surface area (TPSA) is 75.3 Å². The number of hydrogen-bond acceptors (Lipinski definition) is 3. The van der Waals surface area contributed by atoms with Crippen LogP contribution in [0.2, 0.25) is 5.02 Å². The van der Waals surface area contributed by atoms with Gasteiger partial charge in [-0.1, -0.05) is 35.4 Å². The van der Waals surface area contributed by atoms with Crippen molar-refractivity contribution in [3.05, 3.63) is 88.4 Å². The summed E-state index contributed by atoms with van der Waals surface area (Å²) in [6, 6.07) is 13.2. The van der Waals surface area contributed by atoms with Crippen molar-refractivity contribution in [2.24, 2.45) is 0 Å². The Morgan fingerprint density at radius 2 is 1.59 bits per heavy atom. The molecule has 3 rings (SSSR count). The van der Waals surface area contributed by atoms with Gasteiger partial charge in [-0.05, 0) is 49.4 Å². The summed E-state index contributed by atoms with van der Waals surface area (Å²) in [6.45, 7) is 1.83. The van der Waals surface area contributed by atoms with Crippen molar-refractivity contribution in [3.8, 4) is 0 Å². The first-order chi connectivity index (χ1) is 13.7. The molecule has 0 unspecified atom stereocenters. The number of carbonyl (C=O) groups excluding carboxylic acids is 1. The number of carbonyl (C=O) groups is 1. The van der Waals surface area contributed by atoms with E-state index in [9.17, 15) is 22.0 Å². The molecular formula is C20H15ClF2N2O3S. The number of amides is 1. The van der Waals surface area contributed by atoms with E-state index in [1.165, 1.54) is 30.3 Å². The van der Waals surface area contributed by atoms with Crippen LogP contribution in [0.25, 0.3) is 0 Å². The average molecular weight is 437 g/mol. The van der Waals surface area contributed by atoms with Crippen LogP contribution in [0.3, 0.4) is 0 Å². The molecule has 0 spiro atoms. The Morgan fingerprint density at radius 3 is 2.21 bits per heavy atom. The molecule has 5 nitrogen and oxygen atoms in total. The van der Waals surface area contributed by atoms with Crippen molar-refractivity contribution in [3.63, 3.8) is 0 Å². The van der Waals surface area contributed by atoms with E-state index in [1.807, 2.05) is 6.92 Å². The lowest BCUT2D eigenvalue weighted by molar-refractivity contribution is 0.102. The van der Waals surface area contributed by atoms with E-state index >= 15 is 0 Å². The normalized spacial score (nSPS) is 11.2. The second-order valence-corrected chi connectivity index (χ2v) is 8.25. The highest BCUT2D eigenvalue weighted by Gasteiger charge is 2.19. The van der Waals surface area contributed by atoms with Crippen LogP contribution in [0.5, 0.6) is 0 Å². The summed E-state index contributed by atoms with van der Waals surface area (Å²) >= 11 is 6.02. The molecule has 9 heteroatoms. The van der Waals surface area contributed by atoms with Crippen LogP contribution < -0.4 is 10.0 Å². The first-order valence-electron chi connectivity index (χ1n) is 8.32. The summed E-state index contributed by atoms with van der Waals surface area (Å²) in [5.41, 5.74) is 0.182. The van der Waals surface area contributed by atoms with Crippen molar-refractivity contribution >= 4 is 38.9 Å². The van der Waals surface area contributed by atoms with Gasteiger partial charge < -0.3 is 5.32 Å². The van der Waals surface area contributed by atoms with Crippen molar-refractivity contribution in [2.45, 2.75) is 11.8 Å². The lowest BCUT2D eigenvalue weighted by Crippen LogP contribution is -2.16. The molecule has 0 radical (unpaired) electrons. The van der Waals surface area contributed by atoms with Crippen LogP contribution >= 0.6 is 11.6 Å². The molecule has 0 heterocycles. The molecule has 0 aromatic heterocycles. The minimum Gasteiger partial charge on any atom is -0.317 e. The van der Waals surface area contributed by atoms with Gasteiger partial charge in [-0.15, -0.1) is 0 Å². The molecule has 0 fully saturated rings. The molecule has 0 saturated heterocycles. The molecular weight excluding hydrogens is 422 g/mol. The zero-order valence-electron chi connectivity index (χ0n) is 15.0. The van der Waals surface area contributed by atoms with Gasteiger partial charge in [0.1, 0.15) is 17.3 Å². The fourth-order valence-electron chi connectivity index (χ4n) is 2.49. The fraction of sp³-hybridized carbons (Fsp3) is 0.0500. The van der Waals surface area contributed by atoms with Crippen LogP contribution in [0.1, 0.15) is 15.9 Å².